The van der Waals surface area contributed by atoms with Crippen molar-refractivity contribution in [2.45, 2.75) is 18.8 Å². The first-order chi connectivity index (χ1) is 9.58. The molecule has 2 aromatic rings. The molecule has 1 N–H and O–H groups in total. The highest BCUT2D eigenvalue weighted by Gasteiger charge is 2.36. The second kappa shape index (κ2) is 4.67. The van der Waals surface area contributed by atoms with Crippen LogP contribution in [0.5, 0.6) is 5.75 Å². The average Bonchev–Trinajstić information content (AvgIpc) is 2.77. The molecule has 0 aliphatic carbocycles. The molecule has 2 aromatic carbocycles. The summed E-state index contributed by atoms with van der Waals surface area (Å²) >= 11 is 0. The van der Waals surface area contributed by atoms with Crippen LogP contribution in [0.3, 0.4) is 0 Å². The standard InChI is InChI=1S/C17H16O3/c1-17(10-12-5-3-2-4-6-12)11-20-15-9-13(16(18)19)7-8-14(15)17/h2-9H,10-11H2,1H3,(H,18,19)/t17-/m1/s1. The van der Waals surface area contributed by atoms with Crippen LogP contribution < -0.4 is 4.74 Å². The van der Waals surface area contributed by atoms with Gasteiger partial charge in [-0.25, -0.2) is 4.79 Å². The molecule has 1 heterocycles. The van der Waals surface area contributed by atoms with Gasteiger partial charge in [0, 0.05) is 11.0 Å². The number of aromatic carboxylic acids is 1. The number of carboxylic acids is 1. The van der Waals surface area contributed by atoms with Crippen molar-refractivity contribution < 1.29 is 14.6 Å². The molecule has 20 heavy (non-hydrogen) atoms. The molecule has 0 amide bonds. The Morgan fingerprint density at radius 2 is 2.00 bits per heavy atom. The molecular weight excluding hydrogens is 252 g/mol. The molecule has 1 aliphatic heterocycles. The molecule has 1 aliphatic rings. The highest BCUT2D eigenvalue weighted by atomic mass is 16.5. The summed E-state index contributed by atoms with van der Waals surface area (Å²) in [5, 5.41) is 9.03. The summed E-state index contributed by atoms with van der Waals surface area (Å²) in [5.41, 5.74) is 2.51. The fraction of sp³-hybridized carbons (Fsp3) is 0.235. The van der Waals surface area contributed by atoms with Gasteiger partial charge < -0.3 is 9.84 Å². The first-order valence-corrected chi connectivity index (χ1v) is 6.63. The van der Waals surface area contributed by atoms with Gasteiger partial charge in [-0.1, -0.05) is 43.3 Å². The number of carboxylic acid groups (broad SMARTS) is 1. The number of hydrogen-bond acceptors (Lipinski definition) is 2. The van der Waals surface area contributed by atoms with Gasteiger partial charge in [0.2, 0.25) is 0 Å². The van der Waals surface area contributed by atoms with E-state index in [1.807, 2.05) is 24.3 Å². The van der Waals surface area contributed by atoms with Crippen LogP contribution in [0.4, 0.5) is 0 Å². The fourth-order valence-corrected chi connectivity index (χ4v) is 2.78. The Bertz CT molecular complexity index is 649. The lowest BCUT2D eigenvalue weighted by atomic mass is 9.79. The van der Waals surface area contributed by atoms with Crippen molar-refractivity contribution in [1.82, 2.24) is 0 Å². The summed E-state index contributed by atoms with van der Waals surface area (Å²) in [4.78, 5) is 11.0. The van der Waals surface area contributed by atoms with Crippen LogP contribution in [0.15, 0.2) is 48.5 Å². The maximum atomic E-state index is 11.0. The highest BCUT2D eigenvalue weighted by molar-refractivity contribution is 5.88. The van der Waals surface area contributed by atoms with E-state index < -0.39 is 5.97 Å². The fourth-order valence-electron chi connectivity index (χ4n) is 2.78. The maximum Gasteiger partial charge on any atom is 0.335 e. The second-order valence-corrected chi connectivity index (χ2v) is 5.53. The van der Waals surface area contributed by atoms with Crippen molar-refractivity contribution in [1.29, 1.82) is 0 Å². The Morgan fingerprint density at radius 1 is 1.25 bits per heavy atom. The third-order valence-corrected chi connectivity index (χ3v) is 3.86. The van der Waals surface area contributed by atoms with E-state index in [0.29, 0.717) is 12.4 Å². The minimum absolute atomic E-state index is 0.103. The van der Waals surface area contributed by atoms with Gasteiger partial charge in [0.25, 0.3) is 0 Å². The summed E-state index contributed by atoms with van der Waals surface area (Å²) in [5.74, 6) is -0.226. The molecule has 102 valence electrons. The molecule has 0 saturated heterocycles. The minimum Gasteiger partial charge on any atom is -0.492 e. The van der Waals surface area contributed by atoms with Gasteiger partial charge in [-0.3, -0.25) is 0 Å². The summed E-state index contributed by atoms with van der Waals surface area (Å²) < 4.78 is 5.71. The van der Waals surface area contributed by atoms with Crippen LogP contribution in [0.1, 0.15) is 28.4 Å². The quantitative estimate of drug-likeness (QED) is 0.929. The van der Waals surface area contributed by atoms with E-state index in [-0.39, 0.29) is 11.0 Å². The zero-order valence-corrected chi connectivity index (χ0v) is 11.3. The van der Waals surface area contributed by atoms with Crippen molar-refractivity contribution in [3.05, 3.63) is 65.2 Å². The number of fused-ring (bicyclic) bond motifs is 1. The number of ether oxygens (including phenoxy) is 1. The van der Waals surface area contributed by atoms with Crippen molar-refractivity contribution in [3.63, 3.8) is 0 Å². The molecule has 3 heteroatoms. The molecule has 0 bridgehead atoms. The summed E-state index contributed by atoms with van der Waals surface area (Å²) in [6.07, 6.45) is 0.882. The molecule has 0 saturated carbocycles. The topological polar surface area (TPSA) is 46.5 Å². The van der Waals surface area contributed by atoms with Crippen LogP contribution in [-0.2, 0) is 11.8 Å². The van der Waals surface area contributed by atoms with Crippen molar-refractivity contribution in [2.75, 3.05) is 6.61 Å². The molecule has 0 radical (unpaired) electrons. The van der Waals surface area contributed by atoms with Crippen molar-refractivity contribution >= 4 is 5.97 Å². The second-order valence-electron chi connectivity index (χ2n) is 5.53. The SMILES string of the molecule is C[C@@]1(Cc2ccccc2)COc2cc(C(=O)O)ccc21. The first-order valence-electron chi connectivity index (χ1n) is 6.63. The molecule has 3 rings (SSSR count). The smallest absolute Gasteiger partial charge is 0.335 e. The Labute approximate surface area is 117 Å². The average molecular weight is 268 g/mol. The molecule has 3 nitrogen and oxygen atoms in total. The number of rotatable bonds is 3. The Morgan fingerprint density at radius 3 is 2.70 bits per heavy atom. The van der Waals surface area contributed by atoms with E-state index in [4.69, 9.17) is 9.84 Å². The van der Waals surface area contributed by atoms with E-state index >= 15 is 0 Å². The van der Waals surface area contributed by atoms with Gasteiger partial charge in [-0.05, 0) is 24.1 Å². The maximum absolute atomic E-state index is 11.0. The van der Waals surface area contributed by atoms with Crippen molar-refractivity contribution in [3.8, 4) is 5.75 Å². The molecule has 0 fully saturated rings. The lowest BCUT2D eigenvalue weighted by Crippen LogP contribution is -2.26. The molecule has 1 atom stereocenters. The lowest BCUT2D eigenvalue weighted by molar-refractivity contribution is 0.0696. The molecular formula is C17H16O3. The van der Waals surface area contributed by atoms with Crippen molar-refractivity contribution in [2.24, 2.45) is 0 Å². The first kappa shape index (κ1) is 12.7. The van der Waals surface area contributed by atoms with E-state index in [1.54, 1.807) is 12.1 Å². The lowest BCUT2D eigenvalue weighted by Gasteiger charge is -2.22. The van der Waals surface area contributed by atoms with Crippen LogP contribution in [0, 0.1) is 0 Å². The summed E-state index contributed by atoms with van der Waals surface area (Å²) in [6, 6.07) is 15.4. The normalized spacial score (nSPS) is 20.2. The van der Waals surface area contributed by atoms with E-state index in [9.17, 15) is 4.79 Å². The van der Waals surface area contributed by atoms with Gasteiger partial charge in [0.1, 0.15) is 5.75 Å². The Hall–Kier alpha value is -2.29. The van der Waals surface area contributed by atoms with E-state index in [2.05, 4.69) is 19.1 Å². The Kier molecular flexibility index (Phi) is 2.97. The predicted molar refractivity (Wildman–Crippen MR) is 76.4 cm³/mol. The van der Waals surface area contributed by atoms with Gasteiger partial charge in [-0.15, -0.1) is 0 Å². The van der Waals surface area contributed by atoms with Gasteiger partial charge in [-0.2, -0.15) is 0 Å². The molecule has 0 unspecified atom stereocenters. The monoisotopic (exact) mass is 268 g/mol. The van der Waals surface area contributed by atoms with Crippen LogP contribution in [0.2, 0.25) is 0 Å². The summed E-state index contributed by atoms with van der Waals surface area (Å²) in [7, 11) is 0. The van der Waals surface area contributed by atoms with Gasteiger partial charge in [0.05, 0.1) is 12.2 Å². The number of carbonyl (C=O) groups is 1. The Balaban J connectivity index is 1.94. The zero-order valence-electron chi connectivity index (χ0n) is 11.3. The third kappa shape index (κ3) is 2.16. The highest BCUT2D eigenvalue weighted by Crippen LogP contribution is 2.41. The van der Waals surface area contributed by atoms with Crippen LogP contribution in [-0.4, -0.2) is 17.7 Å². The number of hydrogen-bond donors (Lipinski definition) is 1. The largest absolute Gasteiger partial charge is 0.492 e. The van der Waals surface area contributed by atoms with Crippen LogP contribution in [0.25, 0.3) is 0 Å². The van der Waals surface area contributed by atoms with E-state index in [0.717, 1.165) is 12.0 Å². The zero-order chi connectivity index (χ0) is 14.2. The van der Waals surface area contributed by atoms with Gasteiger partial charge >= 0.3 is 5.97 Å². The summed E-state index contributed by atoms with van der Waals surface area (Å²) in [6.45, 7) is 2.74. The van der Waals surface area contributed by atoms with Crippen LogP contribution >= 0.6 is 0 Å². The van der Waals surface area contributed by atoms with E-state index in [1.165, 1.54) is 5.56 Å². The van der Waals surface area contributed by atoms with Gasteiger partial charge in [0.15, 0.2) is 0 Å². The molecule has 0 spiro atoms. The minimum atomic E-state index is -0.923. The molecule has 0 aromatic heterocycles. The third-order valence-electron chi connectivity index (χ3n) is 3.86. The predicted octanol–water partition coefficient (Wildman–Crippen LogP) is 3.28. The number of benzene rings is 2.